The molecule has 0 spiro atoms. The largest absolute Gasteiger partial charge is 0.497 e. The van der Waals surface area contributed by atoms with Crippen LogP contribution in [0.2, 0.25) is 0 Å². The lowest BCUT2D eigenvalue weighted by Gasteiger charge is -2.27. The second-order valence-corrected chi connectivity index (χ2v) is 7.74. The summed E-state index contributed by atoms with van der Waals surface area (Å²) < 4.78 is 18.3. The van der Waals surface area contributed by atoms with E-state index in [9.17, 15) is 0 Å². The quantitative estimate of drug-likeness (QED) is 0.461. The number of benzene rings is 2. The fourth-order valence-electron chi connectivity index (χ4n) is 4.05. The standard InChI is InChI=1S/C25H26N4O3/c1-30-20-5-3-18(4-6-20)17-29-23-16-21(31-2)7-8-22(23)25(27-29)19-9-10-26-24(15-19)28-11-13-32-14-12-28/h3-10,15-16H,11-14,17H2,1-2H3. The second-order valence-electron chi connectivity index (χ2n) is 7.74. The van der Waals surface area contributed by atoms with Crippen molar-refractivity contribution in [2.45, 2.75) is 6.54 Å². The molecule has 4 aromatic rings. The van der Waals surface area contributed by atoms with Gasteiger partial charge in [-0.15, -0.1) is 0 Å². The number of fused-ring (bicyclic) bond motifs is 1. The summed E-state index contributed by atoms with van der Waals surface area (Å²) in [4.78, 5) is 6.85. The number of morpholine rings is 1. The third kappa shape index (κ3) is 3.99. The Labute approximate surface area is 187 Å². The minimum absolute atomic E-state index is 0.648. The van der Waals surface area contributed by atoms with Gasteiger partial charge in [-0.25, -0.2) is 4.98 Å². The molecular weight excluding hydrogens is 404 g/mol. The zero-order valence-electron chi connectivity index (χ0n) is 18.3. The Morgan fingerprint density at radius 1 is 0.906 bits per heavy atom. The van der Waals surface area contributed by atoms with Crippen molar-refractivity contribution < 1.29 is 14.2 Å². The van der Waals surface area contributed by atoms with Gasteiger partial charge < -0.3 is 19.1 Å². The highest BCUT2D eigenvalue weighted by Gasteiger charge is 2.17. The Balaban J connectivity index is 1.56. The van der Waals surface area contributed by atoms with Crippen LogP contribution >= 0.6 is 0 Å². The van der Waals surface area contributed by atoms with E-state index in [1.54, 1.807) is 14.2 Å². The number of nitrogens with zero attached hydrogens (tertiary/aromatic N) is 4. The monoisotopic (exact) mass is 430 g/mol. The molecule has 0 saturated carbocycles. The predicted octanol–water partition coefficient (Wildman–Crippen LogP) is 4.00. The Morgan fingerprint density at radius 2 is 1.66 bits per heavy atom. The minimum Gasteiger partial charge on any atom is -0.497 e. The molecule has 0 N–H and O–H groups in total. The van der Waals surface area contributed by atoms with Crippen molar-refractivity contribution in [3.8, 4) is 22.8 Å². The highest BCUT2D eigenvalue weighted by atomic mass is 16.5. The van der Waals surface area contributed by atoms with Crippen LogP contribution in [0.4, 0.5) is 5.82 Å². The van der Waals surface area contributed by atoms with Gasteiger partial charge in [-0.05, 0) is 42.0 Å². The first-order chi connectivity index (χ1) is 15.7. The van der Waals surface area contributed by atoms with Crippen LogP contribution < -0.4 is 14.4 Å². The molecule has 3 heterocycles. The van der Waals surface area contributed by atoms with Crippen molar-refractivity contribution in [3.63, 3.8) is 0 Å². The number of aromatic nitrogens is 3. The van der Waals surface area contributed by atoms with Gasteiger partial charge in [-0.2, -0.15) is 5.10 Å². The number of anilines is 1. The summed E-state index contributed by atoms with van der Waals surface area (Å²) in [5.41, 5.74) is 4.16. The van der Waals surface area contributed by atoms with E-state index in [2.05, 4.69) is 34.1 Å². The summed E-state index contributed by atoms with van der Waals surface area (Å²) in [6.07, 6.45) is 1.86. The van der Waals surface area contributed by atoms with E-state index in [0.717, 1.165) is 71.3 Å². The second kappa shape index (κ2) is 8.88. The zero-order valence-corrected chi connectivity index (χ0v) is 18.3. The molecule has 164 valence electrons. The fourth-order valence-corrected chi connectivity index (χ4v) is 4.05. The summed E-state index contributed by atoms with van der Waals surface area (Å²) in [7, 11) is 3.36. The maximum absolute atomic E-state index is 5.49. The number of rotatable bonds is 6. The van der Waals surface area contributed by atoms with Crippen molar-refractivity contribution in [2.24, 2.45) is 0 Å². The molecular formula is C25H26N4O3. The van der Waals surface area contributed by atoms with Crippen LogP contribution in [0.5, 0.6) is 11.5 Å². The molecule has 0 aliphatic carbocycles. The fraction of sp³-hybridized carbons (Fsp3) is 0.280. The molecule has 1 aliphatic heterocycles. The van der Waals surface area contributed by atoms with E-state index in [1.807, 2.05) is 41.2 Å². The Morgan fingerprint density at radius 3 is 2.41 bits per heavy atom. The normalized spacial score (nSPS) is 14.0. The molecule has 0 radical (unpaired) electrons. The topological polar surface area (TPSA) is 61.6 Å². The summed E-state index contributed by atoms with van der Waals surface area (Å²) in [5.74, 6) is 2.61. The van der Waals surface area contributed by atoms with Gasteiger partial charge in [0.15, 0.2) is 0 Å². The molecule has 0 amide bonds. The van der Waals surface area contributed by atoms with Crippen LogP contribution in [0.1, 0.15) is 5.56 Å². The number of pyridine rings is 1. The SMILES string of the molecule is COc1ccc(Cn2nc(-c3ccnc(N4CCOCC4)c3)c3ccc(OC)cc32)cc1. The van der Waals surface area contributed by atoms with Gasteiger partial charge in [0.1, 0.15) is 23.0 Å². The summed E-state index contributed by atoms with van der Waals surface area (Å²) in [6, 6.07) is 18.3. The molecule has 2 aromatic heterocycles. The highest BCUT2D eigenvalue weighted by molar-refractivity contribution is 5.94. The van der Waals surface area contributed by atoms with Gasteiger partial charge in [0.2, 0.25) is 0 Å². The summed E-state index contributed by atoms with van der Waals surface area (Å²) in [6.45, 7) is 3.80. The van der Waals surface area contributed by atoms with Gasteiger partial charge in [-0.3, -0.25) is 4.68 Å². The van der Waals surface area contributed by atoms with Crippen molar-refractivity contribution in [3.05, 3.63) is 66.4 Å². The summed E-state index contributed by atoms with van der Waals surface area (Å²) >= 11 is 0. The van der Waals surface area contributed by atoms with E-state index in [-0.39, 0.29) is 0 Å². The first-order valence-electron chi connectivity index (χ1n) is 10.7. The maximum atomic E-state index is 5.49. The molecule has 1 saturated heterocycles. The maximum Gasteiger partial charge on any atom is 0.129 e. The van der Waals surface area contributed by atoms with Crippen LogP contribution in [-0.2, 0) is 11.3 Å². The van der Waals surface area contributed by atoms with Crippen LogP contribution in [-0.4, -0.2) is 55.3 Å². The molecule has 2 aromatic carbocycles. The van der Waals surface area contributed by atoms with E-state index in [4.69, 9.17) is 19.3 Å². The Hall–Kier alpha value is -3.58. The molecule has 0 unspecified atom stereocenters. The molecule has 5 rings (SSSR count). The van der Waals surface area contributed by atoms with Crippen LogP contribution in [0.25, 0.3) is 22.2 Å². The van der Waals surface area contributed by atoms with Crippen LogP contribution in [0.3, 0.4) is 0 Å². The Kier molecular flexibility index (Phi) is 5.64. The van der Waals surface area contributed by atoms with Crippen molar-refractivity contribution in [1.29, 1.82) is 0 Å². The van der Waals surface area contributed by atoms with E-state index in [0.29, 0.717) is 6.54 Å². The number of methoxy groups -OCH3 is 2. The lowest BCUT2D eigenvalue weighted by atomic mass is 10.1. The number of hydrogen-bond donors (Lipinski definition) is 0. The molecule has 7 nitrogen and oxygen atoms in total. The third-order valence-electron chi connectivity index (χ3n) is 5.80. The van der Waals surface area contributed by atoms with Crippen molar-refractivity contribution in [1.82, 2.24) is 14.8 Å². The van der Waals surface area contributed by atoms with E-state index in [1.165, 1.54) is 0 Å². The lowest BCUT2D eigenvalue weighted by Crippen LogP contribution is -2.36. The van der Waals surface area contributed by atoms with Crippen molar-refractivity contribution >= 4 is 16.7 Å². The van der Waals surface area contributed by atoms with Gasteiger partial charge in [0.25, 0.3) is 0 Å². The predicted molar refractivity (Wildman–Crippen MR) is 125 cm³/mol. The average molecular weight is 431 g/mol. The Bertz CT molecular complexity index is 1210. The van der Waals surface area contributed by atoms with Crippen molar-refractivity contribution in [2.75, 3.05) is 45.4 Å². The molecule has 7 heteroatoms. The van der Waals surface area contributed by atoms with Gasteiger partial charge in [-0.1, -0.05) is 12.1 Å². The van der Waals surface area contributed by atoms with E-state index < -0.39 is 0 Å². The van der Waals surface area contributed by atoms with Gasteiger partial charge in [0, 0.05) is 36.3 Å². The van der Waals surface area contributed by atoms with Crippen LogP contribution in [0, 0.1) is 0 Å². The lowest BCUT2D eigenvalue weighted by molar-refractivity contribution is 0.122. The molecule has 1 aliphatic rings. The molecule has 0 bridgehead atoms. The highest BCUT2D eigenvalue weighted by Crippen LogP contribution is 2.32. The molecule has 1 fully saturated rings. The molecule has 0 atom stereocenters. The van der Waals surface area contributed by atoms with Crippen LogP contribution in [0.15, 0.2) is 60.8 Å². The van der Waals surface area contributed by atoms with Gasteiger partial charge >= 0.3 is 0 Å². The average Bonchev–Trinajstić information content (AvgIpc) is 3.22. The van der Waals surface area contributed by atoms with E-state index >= 15 is 0 Å². The zero-order chi connectivity index (χ0) is 21.9. The van der Waals surface area contributed by atoms with Gasteiger partial charge in [0.05, 0.1) is 39.5 Å². The summed E-state index contributed by atoms with van der Waals surface area (Å²) in [5, 5.41) is 6.10. The minimum atomic E-state index is 0.648. The first-order valence-corrected chi connectivity index (χ1v) is 10.7. The number of ether oxygens (including phenoxy) is 3. The molecule has 32 heavy (non-hydrogen) atoms. The number of hydrogen-bond acceptors (Lipinski definition) is 6. The third-order valence-corrected chi connectivity index (χ3v) is 5.80. The smallest absolute Gasteiger partial charge is 0.129 e. The first kappa shape index (κ1) is 20.3.